The summed E-state index contributed by atoms with van der Waals surface area (Å²) in [5, 5.41) is 0. The lowest BCUT2D eigenvalue weighted by molar-refractivity contribution is 0.0212. The second-order valence-corrected chi connectivity index (χ2v) is 3.52. The van der Waals surface area contributed by atoms with Gasteiger partial charge in [-0.05, 0) is 13.8 Å². The zero-order valence-electron chi connectivity index (χ0n) is 8.25. The summed E-state index contributed by atoms with van der Waals surface area (Å²) < 4.78 is 10.7. The molecular formula is C9H19NO2. The zero-order chi connectivity index (χ0) is 8.97. The van der Waals surface area contributed by atoms with Crippen LogP contribution in [0.15, 0.2) is 0 Å². The van der Waals surface area contributed by atoms with Gasteiger partial charge in [-0.2, -0.15) is 0 Å². The second kappa shape index (κ2) is 4.80. The minimum Gasteiger partial charge on any atom is -0.378 e. The number of hydrogen-bond acceptors (Lipinski definition) is 3. The summed E-state index contributed by atoms with van der Waals surface area (Å²) in [7, 11) is 1.75. The van der Waals surface area contributed by atoms with Gasteiger partial charge in [0.15, 0.2) is 0 Å². The molecule has 0 spiro atoms. The van der Waals surface area contributed by atoms with E-state index in [-0.39, 0.29) is 6.10 Å². The van der Waals surface area contributed by atoms with Crippen LogP contribution in [0.4, 0.5) is 0 Å². The van der Waals surface area contributed by atoms with E-state index < -0.39 is 0 Å². The Kier molecular flexibility index (Phi) is 3.98. The number of ether oxygens (including phenoxy) is 2. The van der Waals surface area contributed by atoms with Crippen LogP contribution in [0, 0.1) is 0 Å². The summed E-state index contributed by atoms with van der Waals surface area (Å²) in [6.45, 7) is 8.00. The molecular weight excluding hydrogens is 154 g/mol. The van der Waals surface area contributed by atoms with Crippen molar-refractivity contribution in [1.29, 1.82) is 0 Å². The fourth-order valence-corrected chi connectivity index (χ4v) is 1.41. The Hall–Kier alpha value is -0.120. The molecule has 1 saturated heterocycles. The van der Waals surface area contributed by atoms with Gasteiger partial charge in [0.1, 0.15) is 0 Å². The Bertz CT molecular complexity index is 128. The van der Waals surface area contributed by atoms with Gasteiger partial charge < -0.3 is 9.47 Å². The van der Waals surface area contributed by atoms with Crippen LogP contribution in [0.25, 0.3) is 0 Å². The highest BCUT2D eigenvalue weighted by Crippen LogP contribution is 2.06. The second-order valence-electron chi connectivity index (χ2n) is 3.52. The van der Waals surface area contributed by atoms with E-state index in [1.54, 1.807) is 7.11 Å². The molecule has 0 saturated carbocycles. The van der Waals surface area contributed by atoms with Crippen LogP contribution >= 0.6 is 0 Å². The topological polar surface area (TPSA) is 21.7 Å². The van der Waals surface area contributed by atoms with Gasteiger partial charge in [-0.25, -0.2) is 0 Å². The van der Waals surface area contributed by atoms with Crippen molar-refractivity contribution in [2.75, 3.05) is 33.4 Å². The monoisotopic (exact) mass is 173 g/mol. The first-order valence-electron chi connectivity index (χ1n) is 4.58. The molecule has 12 heavy (non-hydrogen) atoms. The molecule has 0 radical (unpaired) electrons. The lowest BCUT2D eigenvalue weighted by Crippen LogP contribution is -2.38. The van der Waals surface area contributed by atoms with Crippen molar-refractivity contribution in [3.8, 4) is 0 Å². The van der Waals surface area contributed by atoms with E-state index in [0.29, 0.717) is 6.04 Å². The molecule has 0 N–H and O–H groups in total. The summed E-state index contributed by atoms with van der Waals surface area (Å²) in [6, 6.07) is 0.587. The third-order valence-electron chi connectivity index (χ3n) is 2.33. The Morgan fingerprint density at radius 1 is 1.50 bits per heavy atom. The molecule has 1 rings (SSSR count). The molecule has 1 heterocycles. The Labute approximate surface area is 74.6 Å². The average molecular weight is 173 g/mol. The maximum atomic E-state index is 5.41. The van der Waals surface area contributed by atoms with Crippen molar-refractivity contribution in [3.05, 3.63) is 0 Å². The fourth-order valence-electron chi connectivity index (χ4n) is 1.41. The molecule has 0 aromatic heterocycles. The normalized spacial score (nSPS) is 27.5. The smallest absolute Gasteiger partial charge is 0.0931 e. The molecule has 1 unspecified atom stereocenters. The minimum atomic E-state index is 0.245. The van der Waals surface area contributed by atoms with Gasteiger partial charge >= 0.3 is 0 Å². The quantitative estimate of drug-likeness (QED) is 0.615. The van der Waals surface area contributed by atoms with E-state index in [4.69, 9.17) is 9.47 Å². The molecule has 1 fully saturated rings. The average Bonchev–Trinajstić information content (AvgIpc) is 2.28. The van der Waals surface area contributed by atoms with Gasteiger partial charge in [0.2, 0.25) is 0 Å². The fraction of sp³-hybridized carbons (Fsp3) is 1.00. The molecule has 0 amide bonds. The van der Waals surface area contributed by atoms with E-state index in [2.05, 4.69) is 18.7 Å². The van der Waals surface area contributed by atoms with Crippen LogP contribution in [0.3, 0.4) is 0 Å². The van der Waals surface area contributed by atoms with Crippen LogP contribution in [-0.2, 0) is 9.47 Å². The van der Waals surface area contributed by atoms with Gasteiger partial charge in [0.05, 0.1) is 19.3 Å². The van der Waals surface area contributed by atoms with Gasteiger partial charge in [-0.15, -0.1) is 0 Å². The first-order valence-corrected chi connectivity index (χ1v) is 4.58. The summed E-state index contributed by atoms with van der Waals surface area (Å²) in [6.07, 6.45) is 0.245. The van der Waals surface area contributed by atoms with Crippen LogP contribution in [0.2, 0.25) is 0 Å². The highest BCUT2D eigenvalue weighted by molar-refractivity contribution is 4.71. The molecule has 1 aliphatic heterocycles. The first-order chi connectivity index (χ1) is 5.74. The van der Waals surface area contributed by atoms with Crippen LogP contribution in [0.1, 0.15) is 13.8 Å². The third kappa shape index (κ3) is 2.73. The molecule has 1 aliphatic rings. The zero-order valence-corrected chi connectivity index (χ0v) is 8.25. The van der Waals surface area contributed by atoms with Crippen molar-refractivity contribution < 1.29 is 9.47 Å². The van der Waals surface area contributed by atoms with E-state index in [9.17, 15) is 0 Å². The molecule has 0 aromatic carbocycles. The van der Waals surface area contributed by atoms with E-state index in [1.165, 1.54) is 0 Å². The first kappa shape index (κ1) is 9.96. The summed E-state index contributed by atoms with van der Waals surface area (Å²) in [4.78, 5) is 2.39. The lowest BCUT2D eigenvalue weighted by Gasteiger charge is -2.26. The Morgan fingerprint density at radius 2 is 2.25 bits per heavy atom. The number of nitrogens with zero attached hydrogens (tertiary/aromatic N) is 1. The Balaban J connectivity index is 2.42. The van der Waals surface area contributed by atoms with Crippen LogP contribution in [0.5, 0.6) is 0 Å². The van der Waals surface area contributed by atoms with E-state index in [1.807, 2.05) is 0 Å². The van der Waals surface area contributed by atoms with Crippen molar-refractivity contribution in [2.45, 2.75) is 26.0 Å². The summed E-state index contributed by atoms with van der Waals surface area (Å²) in [5.41, 5.74) is 0. The van der Waals surface area contributed by atoms with Gasteiger partial charge in [-0.1, -0.05) is 0 Å². The Morgan fingerprint density at radius 3 is 2.83 bits per heavy atom. The minimum absolute atomic E-state index is 0.245. The predicted molar refractivity (Wildman–Crippen MR) is 48.3 cm³/mol. The van der Waals surface area contributed by atoms with Gasteiger partial charge in [0.25, 0.3) is 0 Å². The maximum Gasteiger partial charge on any atom is 0.0931 e. The highest BCUT2D eigenvalue weighted by Gasteiger charge is 2.19. The van der Waals surface area contributed by atoms with Crippen LogP contribution in [-0.4, -0.2) is 50.5 Å². The van der Waals surface area contributed by atoms with Crippen molar-refractivity contribution in [3.63, 3.8) is 0 Å². The highest BCUT2D eigenvalue weighted by atomic mass is 16.5. The number of methoxy groups -OCH3 is 1. The predicted octanol–water partition coefficient (Wildman–Crippen LogP) is 0.742. The van der Waals surface area contributed by atoms with E-state index >= 15 is 0 Å². The standard InChI is InChI=1S/C9H19NO2/c1-8(2)10-4-5-12-7-9(6-10)11-3/h8-9H,4-7H2,1-3H3. The van der Waals surface area contributed by atoms with Crippen LogP contribution < -0.4 is 0 Å². The third-order valence-corrected chi connectivity index (χ3v) is 2.33. The molecule has 1 atom stereocenters. The number of hydrogen-bond donors (Lipinski definition) is 0. The molecule has 3 heteroatoms. The van der Waals surface area contributed by atoms with Gasteiger partial charge in [-0.3, -0.25) is 4.90 Å². The SMILES string of the molecule is COC1COCCN(C(C)C)C1. The molecule has 0 aromatic rings. The van der Waals surface area contributed by atoms with Crippen molar-refractivity contribution in [1.82, 2.24) is 4.90 Å². The van der Waals surface area contributed by atoms with E-state index in [0.717, 1.165) is 26.3 Å². The largest absolute Gasteiger partial charge is 0.378 e. The van der Waals surface area contributed by atoms with Gasteiger partial charge in [0, 0.05) is 26.2 Å². The summed E-state index contributed by atoms with van der Waals surface area (Å²) in [5.74, 6) is 0. The maximum absolute atomic E-state index is 5.41. The molecule has 3 nitrogen and oxygen atoms in total. The molecule has 0 aliphatic carbocycles. The summed E-state index contributed by atoms with van der Waals surface area (Å²) >= 11 is 0. The number of rotatable bonds is 2. The van der Waals surface area contributed by atoms with Crippen molar-refractivity contribution >= 4 is 0 Å². The molecule has 0 bridgehead atoms. The lowest BCUT2D eigenvalue weighted by atomic mass is 10.2. The van der Waals surface area contributed by atoms with Crippen molar-refractivity contribution in [2.24, 2.45) is 0 Å². The molecule has 72 valence electrons.